The number of carbonyl (C=O) groups excluding carboxylic acids is 1. The predicted octanol–water partition coefficient (Wildman–Crippen LogP) is 5.60. The highest BCUT2D eigenvalue weighted by Gasteiger charge is 2.49. The van der Waals surface area contributed by atoms with Crippen molar-refractivity contribution in [3.8, 4) is 0 Å². The van der Waals surface area contributed by atoms with Crippen molar-refractivity contribution in [2.75, 3.05) is 0 Å². The number of ketones is 1. The van der Waals surface area contributed by atoms with Gasteiger partial charge in [0.05, 0.1) is 23.4 Å². The predicted molar refractivity (Wildman–Crippen MR) is 96.5 cm³/mol. The molecule has 3 heteroatoms. The van der Waals surface area contributed by atoms with Crippen LogP contribution in [0.2, 0.25) is 0 Å². The second-order valence-corrected chi connectivity index (χ2v) is 6.96. The van der Waals surface area contributed by atoms with Gasteiger partial charge in [-0.05, 0) is 62.8 Å². The molecular formula is C21H30O3. The maximum atomic E-state index is 13.8. The molecule has 3 nitrogen and oxygen atoms in total. The lowest BCUT2D eigenvalue weighted by Gasteiger charge is -2.36. The molecule has 2 unspecified atom stereocenters. The van der Waals surface area contributed by atoms with E-state index in [1.54, 1.807) is 12.5 Å². The summed E-state index contributed by atoms with van der Waals surface area (Å²) in [6.45, 7) is 12.3. The van der Waals surface area contributed by atoms with Crippen molar-refractivity contribution >= 4 is 5.78 Å². The molecule has 0 saturated carbocycles. The van der Waals surface area contributed by atoms with Crippen LogP contribution in [-0.4, -0.2) is 5.78 Å². The summed E-state index contributed by atoms with van der Waals surface area (Å²) in [7, 11) is 0. The van der Waals surface area contributed by atoms with Crippen LogP contribution in [0.5, 0.6) is 0 Å². The summed E-state index contributed by atoms with van der Waals surface area (Å²) in [5, 5.41) is 0. The zero-order chi connectivity index (χ0) is 18.0. The zero-order valence-corrected chi connectivity index (χ0v) is 15.9. The Bertz CT molecular complexity index is 635. The third-order valence-corrected chi connectivity index (χ3v) is 5.67. The highest BCUT2D eigenvalue weighted by molar-refractivity contribution is 5.97. The minimum atomic E-state index is -0.655. The van der Waals surface area contributed by atoms with Gasteiger partial charge in [-0.25, -0.2) is 0 Å². The lowest BCUT2D eigenvalue weighted by molar-refractivity contribution is -0.131. The number of rotatable bonds is 8. The fraction of sp³-hybridized carbons (Fsp3) is 0.571. The van der Waals surface area contributed by atoms with Crippen LogP contribution >= 0.6 is 0 Å². The Morgan fingerprint density at radius 3 is 1.50 bits per heavy atom. The van der Waals surface area contributed by atoms with Gasteiger partial charge in [-0.3, -0.25) is 4.79 Å². The summed E-state index contributed by atoms with van der Waals surface area (Å²) in [6, 6.07) is 3.95. The van der Waals surface area contributed by atoms with Crippen molar-refractivity contribution in [2.45, 2.75) is 78.1 Å². The van der Waals surface area contributed by atoms with Crippen LogP contribution in [0.25, 0.3) is 0 Å². The molecule has 0 aromatic carbocycles. The molecule has 0 aliphatic rings. The first-order valence-electron chi connectivity index (χ1n) is 9.07. The van der Waals surface area contributed by atoms with E-state index < -0.39 is 10.8 Å². The summed E-state index contributed by atoms with van der Waals surface area (Å²) in [6.07, 6.45) is 6.51. The van der Waals surface area contributed by atoms with Crippen LogP contribution in [0, 0.1) is 0 Å². The van der Waals surface area contributed by atoms with Crippen molar-refractivity contribution in [1.82, 2.24) is 0 Å². The van der Waals surface area contributed by atoms with Crippen LogP contribution in [0.1, 0.15) is 77.0 Å². The normalized spacial score (nSPS) is 16.6. The number of furan rings is 2. The molecule has 0 amide bonds. The van der Waals surface area contributed by atoms with E-state index in [0.717, 1.165) is 35.5 Å². The van der Waals surface area contributed by atoms with E-state index in [0.29, 0.717) is 12.8 Å². The molecule has 0 spiro atoms. The second kappa shape index (κ2) is 7.00. The average Bonchev–Trinajstić information content (AvgIpc) is 3.28. The van der Waals surface area contributed by atoms with Gasteiger partial charge in [-0.2, -0.15) is 0 Å². The van der Waals surface area contributed by atoms with Gasteiger partial charge in [-0.15, -0.1) is 0 Å². The van der Waals surface area contributed by atoms with Gasteiger partial charge >= 0.3 is 0 Å². The van der Waals surface area contributed by atoms with Crippen LogP contribution in [0.15, 0.2) is 33.5 Å². The largest absolute Gasteiger partial charge is 0.468 e. The van der Waals surface area contributed by atoms with Gasteiger partial charge in [-0.1, -0.05) is 27.7 Å². The number of hydrogen-bond acceptors (Lipinski definition) is 3. The van der Waals surface area contributed by atoms with Crippen LogP contribution in [0.3, 0.4) is 0 Å². The highest BCUT2D eigenvalue weighted by Crippen LogP contribution is 2.42. The molecule has 132 valence electrons. The van der Waals surface area contributed by atoms with E-state index in [4.69, 9.17) is 8.83 Å². The molecule has 2 aromatic heterocycles. The van der Waals surface area contributed by atoms with Gasteiger partial charge < -0.3 is 8.83 Å². The summed E-state index contributed by atoms with van der Waals surface area (Å²) in [4.78, 5) is 13.8. The van der Waals surface area contributed by atoms with Gasteiger partial charge in [0.2, 0.25) is 0 Å². The molecule has 0 radical (unpaired) electrons. The van der Waals surface area contributed by atoms with E-state index in [9.17, 15) is 4.79 Å². The molecule has 0 bridgehead atoms. The Kier molecular flexibility index (Phi) is 5.42. The van der Waals surface area contributed by atoms with Crippen LogP contribution in [-0.2, 0) is 28.5 Å². The first kappa shape index (κ1) is 18.6. The molecule has 24 heavy (non-hydrogen) atoms. The SMILES string of the molecule is CCc1ccoc1C(C)(CC)C(=O)C(C)(CC)c1occc1CC. The number of carbonyl (C=O) groups is 1. The Labute approximate surface area is 145 Å². The third kappa shape index (κ3) is 2.74. The van der Waals surface area contributed by atoms with Crippen LogP contribution in [0.4, 0.5) is 0 Å². The number of hydrogen-bond donors (Lipinski definition) is 0. The second-order valence-electron chi connectivity index (χ2n) is 6.96. The molecule has 0 N–H and O–H groups in total. The van der Waals surface area contributed by atoms with Crippen molar-refractivity contribution in [3.63, 3.8) is 0 Å². The Morgan fingerprint density at radius 1 is 0.833 bits per heavy atom. The van der Waals surface area contributed by atoms with E-state index in [1.165, 1.54) is 0 Å². The molecule has 0 fully saturated rings. The topological polar surface area (TPSA) is 43.4 Å². The molecular weight excluding hydrogens is 300 g/mol. The van der Waals surface area contributed by atoms with Crippen molar-refractivity contribution in [3.05, 3.63) is 47.3 Å². The van der Waals surface area contributed by atoms with Gasteiger partial charge in [0, 0.05) is 0 Å². The molecule has 2 aromatic rings. The molecule has 0 saturated heterocycles. The summed E-state index contributed by atoms with van der Waals surface area (Å²) in [5.41, 5.74) is 0.914. The maximum Gasteiger partial charge on any atom is 0.159 e. The fourth-order valence-corrected chi connectivity index (χ4v) is 3.65. The van der Waals surface area contributed by atoms with E-state index in [-0.39, 0.29) is 5.78 Å². The quantitative estimate of drug-likeness (QED) is 0.632. The summed E-state index contributed by atoms with van der Waals surface area (Å²) in [5.74, 6) is 1.79. The van der Waals surface area contributed by atoms with E-state index in [2.05, 4.69) is 27.7 Å². The molecule has 0 aliphatic carbocycles. The summed E-state index contributed by atoms with van der Waals surface area (Å²) >= 11 is 0. The average molecular weight is 330 g/mol. The monoisotopic (exact) mass is 330 g/mol. The van der Waals surface area contributed by atoms with Crippen LogP contribution < -0.4 is 0 Å². The molecule has 2 rings (SSSR count). The Hall–Kier alpha value is -1.77. The van der Waals surface area contributed by atoms with Crippen molar-refractivity contribution in [1.29, 1.82) is 0 Å². The third-order valence-electron chi connectivity index (χ3n) is 5.67. The Morgan fingerprint density at radius 2 is 1.21 bits per heavy atom. The number of aryl methyl sites for hydroxylation is 2. The highest BCUT2D eigenvalue weighted by atomic mass is 16.3. The summed E-state index contributed by atoms with van der Waals surface area (Å²) < 4.78 is 11.6. The first-order chi connectivity index (χ1) is 11.4. The zero-order valence-electron chi connectivity index (χ0n) is 15.9. The van der Waals surface area contributed by atoms with Gasteiger partial charge in [0.1, 0.15) is 11.5 Å². The minimum Gasteiger partial charge on any atom is -0.468 e. The minimum absolute atomic E-state index is 0.175. The lowest BCUT2D eigenvalue weighted by atomic mass is 9.65. The fourth-order valence-electron chi connectivity index (χ4n) is 3.65. The van der Waals surface area contributed by atoms with E-state index >= 15 is 0 Å². The van der Waals surface area contributed by atoms with Gasteiger partial charge in [0.25, 0.3) is 0 Å². The standard InChI is InChI=1S/C21H30O3/c1-7-15-11-13-23-17(15)20(5,9-3)19(22)21(6,10-4)18-16(8-2)12-14-24-18/h11-14H,7-10H2,1-6H3. The molecule has 2 atom stereocenters. The smallest absolute Gasteiger partial charge is 0.159 e. The van der Waals surface area contributed by atoms with Crippen molar-refractivity contribution < 1.29 is 13.6 Å². The Balaban J connectivity index is 2.57. The molecule has 2 heterocycles. The first-order valence-corrected chi connectivity index (χ1v) is 9.07. The van der Waals surface area contributed by atoms with E-state index in [1.807, 2.05) is 26.0 Å². The lowest BCUT2D eigenvalue weighted by Crippen LogP contribution is -2.46. The maximum absolute atomic E-state index is 13.8. The molecule has 0 aliphatic heterocycles. The van der Waals surface area contributed by atoms with Crippen molar-refractivity contribution in [2.24, 2.45) is 0 Å². The number of Topliss-reactive ketones (excluding diaryl/α,β-unsaturated/α-hetero) is 1. The van der Waals surface area contributed by atoms with Gasteiger partial charge in [0.15, 0.2) is 5.78 Å².